The Morgan fingerprint density at radius 2 is 1.48 bits per heavy atom. The lowest BCUT2D eigenvalue weighted by Crippen LogP contribution is -2.42. The van der Waals surface area contributed by atoms with E-state index in [1.54, 1.807) is 10.6 Å². The van der Waals surface area contributed by atoms with Crippen molar-refractivity contribution in [3.05, 3.63) is 16.1 Å². The molecule has 3 rings (SSSR count). The molecule has 0 unspecified atom stereocenters. The first-order valence-corrected chi connectivity index (χ1v) is 8.71. The fourth-order valence-corrected chi connectivity index (χ4v) is 4.43. The predicted molar refractivity (Wildman–Crippen MR) is 78.1 cm³/mol. The van der Waals surface area contributed by atoms with Crippen LogP contribution in [0.3, 0.4) is 0 Å². The maximum absolute atomic E-state index is 9.75. The zero-order valence-electron chi connectivity index (χ0n) is 12.2. The smallest absolute Gasteiger partial charge is 0.418 e. The largest absolute Gasteiger partial charge is 0.673 e. The van der Waals surface area contributed by atoms with Crippen molar-refractivity contribution in [2.75, 3.05) is 0 Å². The van der Waals surface area contributed by atoms with Gasteiger partial charge in [0, 0.05) is 19.3 Å². The van der Waals surface area contributed by atoms with Gasteiger partial charge in [-0.2, -0.15) is 4.57 Å². The highest BCUT2D eigenvalue weighted by atomic mass is 32.1. The number of hydrogen-bond acceptors (Lipinski definition) is 1. The maximum atomic E-state index is 9.75. The van der Waals surface area contributed by atoms with Crippen LogP contribution in [0, 0.1) is 0 Å². The summed E-state index contributed by atoms with van der Waals surface area (Å²) in [6, 6.07) is 0.840. The Balaban J connectivity index is 0.000000282. The summed E-state index contributed by atoms with van der Waals surface area (Å²) >= 11 is 2.02. The molecule has 0 radical (unpaired) electrons. The van der Waals surface area contributed by atoms with Gasteiger partial charge in [0.2, 0.25) is 5.51 Å². The van der Waals surface area contributed by atoms with Gasteiger partial charge in [0.1, 0.15) is 0 Å². The molecule has 1 saturated carbocycles. The highest BCUT2D eigenvalue weighted by Gasteiger charge is 2.29. The standard InChI is InChI=1S/C14H22NS.BF4/c1-3-7-12(8-4-1)15-11-16-14-10-6-2-5-9-13(14)15;2-1(3,4)5/h11-12H,1-10H2;/q+1;-1. The van der Waals surface area contributed by atoms with E-state index in [2.05, 4.69) is 10.1 Å². The summed E-state index contributed by atoms with van der Waals surface area (Å²) in [5.74, 6) is 0. The van der Waals surface area contributed by atoms with E-state index in [0.29, 0.717) is 0 Å². The van der Waals surface area contributed by atoms with Gasteiger partial charge in [-0.1, -0.05) is 24.2 Å². The molecule has 2 aliphatic rings. The van der Waals surface area contributed by atoms with Gasteiger partial charge >= 0.3 is 7.25 Å². The van der Waals surface area contributed by atoms with Gasteiger partial charge < -0.3 is 17.3 Å². The molecule has 0 aromatic carbocycles. The van der Waals surface area contributed by atoms with Crippen molar-refractivity contribution in [1.29, 1.82) is 0 Å². The van der Waals surface area contributed by atoms with Crippen LogP contribution < -0.4 is 4.57 Å². The number of rotatable bonds is 1. The molecule has 0 saturated heterocycles. The topological polar surface area (TPSA) is 3.88 Å². The highest BCUT2D eigenvalue weighted by Crippen LogP contribution is 2.28. The summed E-state index contributed by atoms with van der Waals surface area (Å²) < 4.78 is 41.7. The fourth-order valence-electron chi connectivity index (χ4n) is 3.29. The van der Waals surface area contributed by atoms with Crippen molar-refractivity contribution < 1.29 is 21.8 Å². The van der Waals surface area contributed by atoms with E-state index in [9.17, 15) is 17.3 Å². The Kier molecular flexibility index (Phi) is 6.08. The van der Waals surface area contributed by atoms with Gasteiger partial charge in [-0.3, -0.25) is 0 Å². The van der Waals surface area contributed by atoms with Gasteiger partial charge in [0.25, 0.3) is 0 Å². The lowest BCUT2D eigenvalue weighted by molar-refractivity contribution is -0.728. The number of fused-ring (bicyclic) bond motifs is 1. The van der Waals surface area contributed by atoms with Crippen LogP contribution in [-0.4, -0.2) is 7.25 Å². The second kappa shape index (κ2) is 7.61. The zero-order valence-corrected chi connectivity index (χ0v) is 13.0. The van der Waals surface area contributed by atoms with Crippen LogP contribution in [0.15, 0.2) is 5.51 Å². The van der Waals surface area contributed by atoms with Crippen LogP contribution in [0.1, 0.15) is 68.0 Å². The first-order valence-electron chi connectivity index (χ1n) is 7.83. The third-order valence-electron chi connectivity index (χ3n) is 4.23. The highest BCUT2D eigenvalue weighted by molar-refractivity contribution is 7.09. The molecule has 1 aromatic heterocycles. The predicted octanol–water partition coefficient (Wildman–Crippen LogP) is 5.11. The number of thiazole rings is 1. The summed E-state index contributed by atoms with van der Waals surface area (Å²) in [4.78, 5) is 1.70. The van der Waals surface area contributed by atoms with Crippen LogP contribution in [0.2, 0.25) is 0 Å². The van der Waals surface area contributed by atoms with E-state index < -0.39 is 7.25 Å². The van der Waals surface area contributed by atoms with E-state index >= 15 is 0 Å². The number of halogens is 4. The van der Waals surface area contributed by atoms with Crippen LogP contribution in [0.25, 0.3) is 0 Å². The minimum Gasteiger partial charge on any atom is -0.418 e. The molecule has 0 atom stereocenters. The average molecular weight is 323 g/mol. The molecule has 0 bridgehead atoms. The maximum Gasteiger partial charge on any atom is 0.673 e. The normalized spacial score (nSPS) is 20.2. The first-order chi connectivity index (χ1) is 9.95. The summed E-state index contributed by atoms with van der Waals surface area (Å²) in [5, 5.41) is 0. The van der Waals surface area contributed by atoms with Gasteiger partial charge in [-0.15, -0.1) is 0 Å². The molecular formula is C14H22BF4NS. The molecule has 1 aromatic rings. The Bertz CT molecular complexity index is 435. The molecular weight excluding hydrogens is 301 g/mol. The van der Waals surface area contributed by atoms with E-state index in [1.165, 1.54) is 64.2 Å². The summed E-state index contributed by atoms with van der Waals surface area (Å²) in [7, 11) is -6.00. The second-order valence-electron chi connectivity index (χ2n) is 5.85. The SMILES string of the molecule is F[B-](F)(F)F.c1sc2c([n+]1C1CCCCC1)CCCCC2. The monoisotopic (exact) mass is 323 g/mol. The molecule has 21 heavy (non-hydrogen) atoms. The van der Waals surface area contributed by atoms with Gasteiger partial charge in [0.05, 0.1) is 4.88 Å². The van der Waals surface area contributed by atoms with Gasteiger partial charge in [-0.25, -0.2) is 0 Å². The van der Waals surface area contributed by atoms with Gasteiger partial charge in [-0.05, 0) is 32.1 Å². The van der Waals surface area contributed by atoms with Crippen molar-refractivity contribution in [1.82, 2.24) is 0 Å². The summed E-state index contributed by atoms with van der Waals surface area (Å²) in [6.45, 7) is 0. The van der Waals surface area contributed by atoms with Crippen molar-refractivity contribution in [2.45, 2.75) is 70.3 Å². The molecule has 1 nitrogen and oxygen atoms in total. The van der Waals surface area contributed by atoms with E-state index in [-0.39, 0.29) is 0 Å². The Morgan fingerprint density at radius 3 is 2.14 bits per heavy atom. The molecule has 2 aliphatic carbocycles. The number of aryl methyl sites for hydroxylation is 1. The number of aromatic nitrogens is 1. The Labute approximate surface area is 127 Å². The van der Waals surface area contributed by atoms with E-state index in [1.807, 2.05) is 11.3 Å². The number of hydrogen-bond donors (Lipinski definition) is 0. The Morgan fingerprint density at radius 1 is 0.905 bits per heavy atom. The molecule has 0 amide bonds. The van der Waals surface area contributed by atoms with Crippen LogP contribution in [0.5, 0.6) is 0 Å². The van der Waals surface area contributed by atoms with Gasteiger partial charge in [0.15, 0.2) is 11.7 Å². The minimum atomic E-state index is -6.00. The third kappa shape index (κ3) is 5.60. The summed E-state index contributed by atoms with van der Waals surface area (Å²) in [6.07, 6.45) is 14.2. The van der Waals surface area contributed by atoms with E-state index in [0.717, 1.165) is 6.04 Å². The van der Waals surface area contributed by atoms with Crippen molar-refractivity contribution >= 4 is 18.6 Å². The minimum absolute atomic E-state index is 0.840. The quantitative estimate of drug-likeness (QED) is 0.293. The molecule has 0 N–H and O–H groups in total. The van der Waals surface area contributed by atoms with Crippen molar-refractivity contribution in [2.24, 2.45) is 0 Å². The molecule has 1 fully saturated rings. The molecule has 0 spiro atoms. The lowest BCUT2D eigenvalue weighted by Gasteiger charge is -2.17. The van der Waals surface area contributed by atoms with Crippen LogP contribution in [-0.2, 0) is 12.8 Å². The van der Waals surface area contributed by atoms with Crippen LogP contribution in [0.4, 0.5) is 17.3 Å². The second-order valence-corrected chi connectivity index (χ2v) is 6.79. The van der Waals surface area contributed by atoms with E-state index in [4.69, 9.17) is 0 Å². The zero-order chi connectivity index (χ0) is 15.3. The average Bonchev–Trinajstić information content (AvgIpc) is 2.67. The number of nitrogens with zero attached hydrogens (tertiary/aromatic N) is 1. The molecule has 7 heteroatoms. The summed E-state index contributed by atoms with van der Waals surface area (Å²) in [5.41, 5.74) is 4.13. The Hall–Kier alpha value is -0.585. The van der Waals surface area contributed by atoms with Crippen LogP contribution >= 0.6 is 11.3 Å². The van der Waals surface area contributed by atoms with Crippen molar-refractivity contribution in [3.63, 3.8) is 0 Å². The molecule has 120 valence electrons. The molecule has 0 aliphatic heterocycles. The lowest BCUT2D eigenvalue weighted by atomic mass is 9.95. The molecule has 1 heterocycles. The first kappa shape index (κ1) is 16.8. The van der Waals surface area contributed by atoms with Crippen molar-refractivity contribution in [3.8, 4) is 0 Å². The third-order valence-corrected chi connectivity index (χ3v) is 5.28. The fraction of sp³-hybridized carbons (Fsp3) is 0.786.